The van der Waals surface area contributed by atoms with E-state index in [4.69, 9.17) is 4.74 Å². The van der Waals surface area contributed by atoms with Crippen molar-refractivity contribution in [1.29, 1.82) is 0 Å². The van der Waals surface area contributed by atoms with Gasteiger partial charge in [-0.05, 0) is 73.9 Å². The third kappa shape index (κ3) is 4.62. The van der Waals surface area contributed by atoms with Crippen LogP contribution in [0.2, 0.25) is 0 Å². The maximum Gasteiger partial charge on any atom is 0.232 e. The van der Waals surface area contributed by atoms with Crippen molar-refractivity contribution in [2.24, 2.45) is 5.41 Å². The second-order valence-electron chi connectivity index (χ2n) is 10.5. The van der Waals surface area contributed by atoms with Gasteiger partial charge in [-0.2, -0.15) is 5.10 Å². The molecule has 180 valence electrons. The van der Waals surface area contributed by atoms with E-state index in [1.54, 1.807) is 13.3 Å². The van der Waals surface area contributed by atoms with Crippen molar-refractivity contribution in [3.05, 3.63) is 59.3 Å². The molecule has 4 rings (SSSR count). The van der Waals surface area contributed by atoms with Gasteiger partial charge in [-0.1, -0.05) is 20.8 Å². The fourth-order valence-electron chi connectivity index (χ4n) is 4.49. The first-order valence-corrected chi connectivity index (χ1v) is 11.9. The number of hydrogen-bond donors (Lipinski definition) is 1. The quantitative estimate of drug-likeness (QED) is 0.529. The fraction of sp³-hybridized carbons (Fsp3) is 0.481. The molecule has 34 heavy (non-hydrogen) atoms. The number of carbonyl (C=O) groups excluding carboxylic acids is 1. The SMILES string of the molecule is CCc1cnc(NC(=O)[C@@H](C)c2ccnc(C(C)(C)OC)c2)cc1-c1cnn2c1CC(C)(C)C2. The Morgan fingerprint density at radius 2 is 2.00 bits per heavy atom. The van der Waals surface area contributed by atoms with Gasteiger partial charge in [0, 0.05) is 37.3 Å². The number of fused-ring (bicyclic) bond motifs is 1. The molecule has 7 nitrogen and oxygen atoms in total. The van der Waals surface area contributed by atoms with Gasteiger partial charge in [0.1, 0.15) is 11.4 Å². The third-order valence-electron chi connectivity index (χ3n) is 6.89. The van der Waals surface area contributed by atoms with Gasteiger partial charge in [0.2, 0.25) is 5.91 Å². The number of nitrogens with zero attached hydrogens (tertiary/aromatic N) is 4. The van der Waals surface area contributed by atoms with Gasteiger partial charge >= 0.3 is 0 Å². The molecule has 3 aromatic rings. The molecule has 0 aromatic carbocycles. The maximum absolute atomic E-state index is 13.1. The summed E-state index contributed by atoms with van der Waals surface area (Å²) in [5.74, 6) is 0.0656. The molecule has 0 aliphatic carbocycles. The summed E-state index contributed by atoms with van der Waals surface area (Å²) in [6.07, 6.45) is 7.38. The first-order valence-electron chi connectivity index (χ1n) is 11.9. The molecule has 1 amide bonds. The Kier molecular flexibility index (Phi) is 6.34. The largest absolute Gasteiger partial charge is 0.373 e. The average Bonchev–Trinajstić information content (AvgIpc) is 3.33. The highest BCUT2D eigenvalue weighted by Gasteiger charge is 2.32. The molecule has 7 heteroatoms. The minimum atomic E-state index is -0.529. The van der Waals surface area contributed by atoms with Crippen LogP contribution in [0.1, 0.15) is 70.0 Å². The molecule has 1 aliphatic rings. The minimum absolute atomic E-state index is 0.114. The maximum atomic E-state index is 13.1. The van der Waals surface area contributed by atoms with Gasteiger partial charge in [0.25, 0.3) is 0 Å². The van der Waals surface area contributed by atoms with Gasteiger partial charge in [-0.15, -0.1) is 0 Å². The van der Waals surface area contributed by atoms with E-state index in [1.807, 2.05) is 51.4 Å². The summed E-state index contributed by atoms with van der Waals surface area (Å²) in [6, 6.07) is 5.79. The van der Waals surface area contributed by atoms with E-state index >= 15 is 0 Å². The summed E-state index contributed by atoms with van der Waals surface area (Å²) < 4.78 is 7.66. The molecular formula is C27H35N5O2. The molecule has 3 aromatic heterocycles. The van der Waals surface area contributed by atoms with Crippen LogP contribution in [0.25, 0.3) is 11.1 Å². The smallest absolute Gasteiger partial charge is 0.232 e. The second-order valence-corrected chi connectivity index (χ2v) is 10.5. The number of amides is 1. The Morgan fingerprint density at radius 1 is 1.24 bits per heavy atom. The van der Waals surface area contributed by atoms with Gasteiger partial charge in [-0.3, -0.25) is 14.5 Å². The first kappa shape index (κ1) is 24.1. The van der Waals surface area contributed by atoms with Gasteiger partial charge in [-0.25, -0.2) is 4.98 Å². The second kappa shape index (κ2) is 8.95. The highest BCUT2D eigenvalue weighted by Crippen LogP contribution is 2.38. The molecule has 1 aliphatic heterocycles. The molecule has 1 atom stereocenters. The molecule has 1 N–H and O–H groups in total. The highest BCUT2D eigenvalue weighted by atomic mass is 16.5. The summed E-state index contributed by atoms with van der Waals surface area (Å²) >= 11 is 0. The molecule has 4 heterocycles. The molecular weight excluding hydrogens is 426 g/mol. The van der Waals surface area contributed by atoms with Gasteiger partial charge in [0.15, 0.2) is 0 Å². The number of ether oxygens (including phenoxy) is 1. The van der Waals surface area contributed by atoms with E-state index in [2.05, 4.69) is 45.8 Å². The molecule has 0 unspecified atom stereocenters. The van der Waals surface area contributed by atoms with Crippen molar-refractivity contribution in [3.63, 3.8) is 0 Å². The zero-order chi connectivity index (χ0) is 24.7. The molecule has 0 fully saturated rings. The Morgan fingerprint density at radius 3 is 2.71 bits per heavy atom. The van der Waals surface area contributed by atoms with Crippen LogP contribution in [0.15, 0.2) is 36.8 Å². The van der Waals surface area contributed by atoms with E-state index in [-0.39, 0.29) is 17.2 Å². The van der Waals surface area contributed by atoms with Crippen molar-refractivity contribution >= 4 is 11.7 Å². The number of anilines is 1. The number of aromatic nitrogens is 4. The number of rotatable bonds is 7. The predicted molar refractivity (Wildman–Crippen MR) is 134 cm³/mol. The Balaban J connectivity index is 1.59. The zero-order valence-corrected chi connectivity index (χ0v) is 21.3. The van der Waals surface area contributed by atoms with Crippen molar-refractivity contribution in [2.75, 3.05) is 12.4 Å². The predicted octanol–water partition coefficient (Wildman–Crippen LogP) is 5.11. The van der Waals surface area contributed by atoms with Crippen LogP contribution in [0.4, 0.5) is 5.82 Å². The lowest BCUT2D eigenvalue weighted by atomic mass is 9.89. The summed E-state index contributed by atoms with van der Waals surface area (Å²) in [6.45, 7) is 13.4. The number of methoxy groups -OCH3 is 1. The molecule has 0 bridgehead atoms. The molecule has 0 saturated carbocycles. The van der Waals surface area contributed by atoms with E-state index < -0.39 is 5.60 Å². The number of hydrogen-bond acceptors (Lipinski definition) is 5. The normalized spacial score (nSPS) is 15.7. The van der Waals surface area contributed by atoms with Crippen LogP contribution < -0.4 is 5.32 Å². The number of carbonyl (C=O) groups is 1. The monoisotopic (exact) mass is 461 g/mol. The number of aryl methyl sites for hydroxylation is 1. The lowest BCUT2D eigenvalue weighted by molar-refractivity contribution is -0.117. The van der Waals surface area contributed by atoms with Gasteiger partial charge < -0.3 is 10.1 Å². The number of nitrogens with one attached hydrogen (secondary N) is 1. The zero-order valence-electron chi connectivity index (χ0n) is 21.3. The summed E-state index contributed by atoms with van der Waals surface area (Å²) in [5, 5.41) is 7.65. The van der Waals surface area contributed by atoms with E-state index in [0.717, 1.165) is 47.3 Å². The Bertz CT molecular complexity index is 1210. The van der Waals surface area contributed by atoms with Crippen LogP contribution in [-0.2, 0) is 34.5 Å². The first-order chi connectivity index (χ1) is 16.0. The van der Waals surface area contributed by atoms with E-state index in [0.29, 0.717) is 5.82 Å². The molecule has 0 saturated heterocycles. The topological polar surface area (TPSA) is 81.9 Å². The lowest BCUT2D eigenvalue weighted by Crippen LogP contribution is -2.23. The Hall–Kier alpha value is -3.06. The van der Waals surface area contributed by atoms with Crippen molar-refractivity contribution < 1.29 is 9.53 Å². The van der Waals surface area contributed by atoms with E-state index in [9.17, 15) is 4.79 Å². The van der Waals surface area contributed by atoms with Crippen LogP contribution in [0.5, 0.6) is 0 Å². The standard InChI is InChI=1S/C27H35N5O2/c1-8-18-14-29-24(12-20(18)21-15-30-32-16-26(3,4)13-22(21)32)31-25(33)17(2)19-9-10-28-23(11-19)27(5,6)34-7/h9-12,14-15,17H,8,13,16H2,1-7H3,(H,29,31,33)/t17-/m0/s1. The third-order valence-corrected chi connectivity index (χ3v) is 6.89. The van der Waals surface area contributed by atoms with Crippen LogP contribution >= 0.6 is 0 Å². The van der Waals surface area contributed by atoms with E-state index in [1.165, 1.54) is 5.69 Å². The van der Waals surface area contributed by atoms with Crippen molar-refractivity contribution in [3.8, 4) is 11.1 Å². The van der Waals surface area contributed by atoms with Crippen LogP contribution in [0.3, 0.4) is 0 Å². The number of pyridine rings is 2. The molecule has 0 spiro atoms. The van der Waals surface area contributed by atoms with Crippen LogP contribution in [-0.4, -0.2) is 32.8 Å². The Labute approximate surface area is 202 Å². The average molecular weight is 462 g/mol. The highest BCUT2D eigenvalue weighted by molar-refractivity contribution is 5.95. The lowest BCUT2D eigenvalue weighted by Gasteiger charge is -2.23. The van der Waals surface area contributed by atoms with Crippen molar-refractivity contribution in [2.45, 2.75) is 72.4 Å². The minimum Gasteiger partial charge on any atom is -0.373 e. The van der Waals surface area contributed by atoms with Crippen molar-refractivity contribution in [1.82, 2.24) is 19.7 Å². The summed E-state index contributed by atoms with van der Waals surface area (Å²) in [4.78, 5) is 22.1. The summed E-state index contributed by atoms with van der Waals surface area (Å²) in [7, 11) is 1.66. The molecule has 0 radical (unpaired) electrons. The summed E-state index contributed by atoms with van der Waals surface area (Å²) in [5.41, 5.74) is 5.96. The van der Waals surface area contributed by atoms with Crippen LogP contribution in [0, 0.1) is 5.41 Å². The fourth-order valence-corrected chi connectivity index (χ4v) is 4.49. The van der Waals surface area contributed by atoms with Gasteiger partial charge in [0.05, 0.1) is 17.8 Å².